The van der Waals surface area contributed by atoms with Gasteiger partial charge in [0, 0.05) is 11.3 Å². The molecule has 3 nitrogen and oxygen atoms in total. The molecule has 0 saturated carbocycles. The number of nitrogens with one attached hydrogen (secondary N) is 2. The zero-order valence-electron chi connectivity index (χ0n) is 11.4. The summed E-state index contributed by atoms with van der Waals surface area (Å²) in [6, 6.07) is 10.7. The van der Waals surface area contributed by atoms with Crippen LogP contribution < -0.4 is 10.6 Å². The maximum Gasteiger partial charge on any atom is 0.228 e. The summed E-state index contributed by atoms with van der Waals surface area (Å²) in [7, 11) is 1.79. The second-order valence-corrected chi connectivity index (χ2v) is 5.86. The summed E-state index contributed by atoms with van der Waals surface area (Å²) in [6.07, 6.45) is 0.376. The summed E-state index contributed by atoms with van der Waals surface area (Å²) < 4.78 is 14.8. The molecule has 1 aliphatic heterocycles. The number of benzene rings is 2. The van der Waals surface area contributed by atoms with E-state index in [1.54, 1.807) is 19.2 Å². The van der Waals surface area contributed by atoms with Crippen molar-refractivity contribution in [3.63, 3.8) is 0 Å². The molecule has 0 radical (unpaired) electrons. The molecule has 21 heavy (non-hydrogen) atoms. The average molecular weight is 349 g/mol. The summed E-state index contributed by atoms with van der Waals surface area (Å²) in [4.78, 5) is 11.4. The van der Waals surface area contributed by atoms with Crippen LogP contribution in [0.15, 0.2) is 40.9 Å². The standard InChI is InChI=1S/C16H14BrFN2O/c1-19-16(11-3-2-4-12(17)15(11)18)9-5-6-13-10(7-9)8-14(21)20-13/h2-7,16,19H,8H2,1H3,(H,20,21). The minimum atomic E-state index is -0.272. The van der Waals surface area contributed by atoms with Gasteiger partial charge in [0.2, 0.25) is 5.91 Å². The predicted octanol–water partition coefficient (Wildman–Crippen LogP) is 3.39. The first-order valence-electron chi connectivity index (χ1n) is 6.64. The van der Waals surface area contributed by atoms with Gasteiger partial charge in [-0.15, -0.1) is 0 Å². The van der Waals surface area contributed by atoms with Crippen LogP contribution in [0.1, 0.15) is 22.7 Å². The van der Waals surface area contributed by atoms with E-state index in [4.69, 9.17) is 0 Å². The van der Waals surface area contributed by atoms with Crippen molar-refractivity contribution < 1.29 is 9.18 Å². The monoisotopic (exact) mass is 348 g/mol. The van der Waals surface area contributed by atoms with Gasteiger partial charge in [-0.2, -0.15) is 0 Å². The van der Waals surface area contributed by atoms with Crippen molar-refractivity contribution in [1.29, 1.82) is 0 Å². The molecule has 1 unspecified atom stereocenters. The molecule has 1 aliphatic rings. The Hall–Kier alpha value is -1.72. The quantitative estimate of drug-likeness (QED) is 0.892. The Morgan fingerprint density at radius 1 is 1.33 bits per heavy atom. The lowest BCUT2D eigenvalue weighted by atomic mass is 9.96. The van der Waals surface area contributed by atoms with Crippen molar-refractivity contribution >= 4 is 27.5 Å². The summed E-state index contributed by atoms with van der Waals surface area (Å²) >= 11 is 3.22. The van der Waals surface area contributed by atoms with Crippen LogP contribution in [0.25, 0.3) is 0 Å². The van der Waals surface area contributed by atoms with Crippen LogP contribution in [0.2, 0.25) is 0 Å². The third-order valence-corrected chi connectivity index (χ3v) is 4.28. The smallest absolute Gasteiger partial charge is 0.228 e. The second-order valence-electron chi connectivity index (χ2n) is 5.01. The Balaban J connectivity index is 2.03. The second kappa shape index (κ2) is 5.58. The summed E-state index contributed by atoms with van der Waals surface area (Å²) in [5.74, 6) is -0.275. The van der Waals surface area contributed by atoms with Gasteiger partial charge in [0.15, 0.2) is 0 Å². The highest BCUT2D eigenvalue weighted by molar-refractivity contribution is 9.10. The lowest BCUT2D eigenvalue weighted by Gasteiger charge is -2.19. The predicted molar refractivity (Wildman–Crippen MR) is 83.8 cm³/mol. The van der Waals surface area contributed by atoms with Gasteiger partial charge in [0.25, 0.3) is 0 Å². The first kappa shape index (κ1) is 14.2. The van der Waals surface area contributed by atoms with Gasteiger partial charge in [-0.05, 0) is 46.2 Å². The molecule has 2 N–H and O–H groups in total. The van der Waals surface area contributed by atoms with Crippen molar-refractivity contribution in [3.8, 4) is 0 Å². The summed E-state index contributed by atoms with van der Waals surface area (Å²) in [5.41, 5.74) is 3.30. The number of halogens is 2. The number of anilines is 1. The van der Waals surface area contributed by atoms with Crippen LogP contribution in [0.5, 0.6) is 0 Å². The highest BCUT2D eigenvalue weighted by atomic mass is 79.9. The molecule has 2 aromatic rings. The molecule has 0 fully saturated rings. The van der Waals surface area contributed by atoms with Gasteiger partial charge < -0.3 is 10.6 Å². The fourth-order valence-electron chi connectivity index (χ4n) is 2.67. The number of rotatable bonds is 3. The number of hydrogen-bond donors (Lipinski definition) is 2. The fraction of sp³-hybridized carbons (Fsp3) is 0.188. The van der Waals surface area contributed by atoms with Crippen LogP contribution >= 0.6 is 15.9 Å². The van der Waals surface area contributed by atoms with Gasteiger partial charge in [0.1, 0.15) is 5.82 Å². The highest BCUT2D eigenvalue weighted by Crippen LogP contribution is 2.31. The molecule has 1 amide bonds. The van der Waals surface area contributed by atoms with Crippen LogP contribution in [0, 0.1) is 5.82 Å². The molecule has 3 rings (SSSR count). The Bertz CT molecular complexity index is 717. The first-order chi connectivity index (χ1) is 10.1. The number of fused-ring (bicyclic) bond motifs is 1. The van der Waals surface area contributed by atoms with E-state index in [0.29, 0.717) is 16.5 Å². The molecular formula is C16H14BrFN2O. The highest BCUT2D eigenvalue weighted by Gasteiger charge is 2.22. The van der Waals surface area contributed by atoms with E-state index in [2.05, 4.69) is 26.6 Å². The summed E-state index contributed by atoms with van der Waals surface area (Å²) in [6.45, 7) is 0. The van der Waals surface area contributed by atoms with Crippen LogP contribution in [0.4, 0.5) is 10.1 Å². The van der Waals surface area contributed by atoms with Crippen molar-refractivity contribution in [2.45, 2.75) is 12.5 Å². The van der Waals surface area contributed by atoms with E-state index in [0.717, 1.165) is 16.8 Å². The molecule has 0 spiro atoms. The fourth-order valence-corrected chi connectivity index (χ4v) is 3.06. The topological polar surface area (TPSA) is 41.1 Å². The third kappa shape index (κ3) is 2.59. The van der Waals surface area contributed by atoms with Gasteiger partial charge in [-0.3, -0.25) is 4.79 Å². The zero-order chi connectivity index (χ0) is 15.0. The Morgan fingerprint density at radius 3 is 2.90 bits per heavy atom. The largest absolute Gasteiger partial charge is 0.326 e. The van der Waals surface area contributed by atoms with Gasteiger partial charge in [-0.25, -0.2) is 4.39 Å². The van der Waals surface area contributed by atoms with E-state index >= 15 is 0 Å². The van der Waals surface area contributed by atoms with Gasteiger partial charge >= 0.3 is 0 Å². The Kier molecular flexibility index (Phi) is 3.78. The van der Waals surface area contributed by atoms with E-state index in [1.807, 2.05) is 24.3 Å². The van der Waals surface area contributed by atoms with E-state index < -0.39 is 0 Å². The maximum atomic E-state index is 14.3. The molecule has 0 aliphatic carbocycles. The molecule has 1 atom stereocenters. The van der Waals surface area contributed by atoms with Crippen molar-refractivity contribution in [3.05, 3.63) is 63.4 Å². The van der Waals surface area contributed by atoms with E-state index in [1.165, 1.54) is 0 Å². The van der Waals surface area contributed by atoms with E-state index in [9.17, 15) is 9.18 Å². The summed E-state index contributed by atoms with van der Waals surface area (Å²) in [5, 5.41) is 5.94. The van der Waals surface area contributed by atoms with Crippen molar-refractivity contribution in [2.75, 3.05) is 12.4 Å². The molecule has 0 bridgehead atoms. The molecule has 1 heterocycles. The number of carbonyl (C=O) groups is 1. The zero-order valence-corrected chi connectivity index (χ0v) is 13.0. The molecular weight excluding hydrogens is 335 g/mol. The van der Waals surface area contributed by atoms with Crippen molar-refractivity contribution in [2.24, 2.45) is 0 Å². The minimum Gasteiger partial charge on any atom is -0.326 e. The normalized spacial score (nSPS) is 14.7. The van der Waals surface area contributed by atoms with Crippen LogP contribution in [-0.4, -0.2) is 13.0 Å². The van der Waals surface area contributed by atoms with Gasteiger partial charge in [0.05, 0.1) is 16.9 Å². The van der Waals surface area contributed by atoms with E-state index in [-0.39, 0.29) is 17.8 Å². The molecule has 5 heteroatoms. The lowest BCUT2D eigenvalue weighted by molar-refractivity contribution is -0.115. The SMILES string of the molecule is CNC(c1ccc2c(c1)CC(=O)N2)c1cccc(Br)c1F. The molecule has 108 valence electrons. The first-order valence-corrected chi connectivity index (χ1v) is 7.43. The number of hydrogen-bond acceptors (Lipinski definition) is 2. The number of carbonyl (C=O) groups excluding carboxylic acids is 1. The third-order valence-electron chi connectivity index (χ3n) is 3.67. The van der Waals surface area contributed by atoms with Gasteiger partial charge in [-0.1, -0.05) is 24.3 Å². The lowest BCUT2D eigenvalue weighted by Crippen LogP contribution is -2.19. The Morgan fingerprint density at radius 2 is 2.14 bits per heavy atom. The molecule has 0 saturated heterocycles. The van der Waals surface area contributed by atoms with Crippen LogP contribution in [-0.2, 0) is 11.2 Å². The number of amides is 1. The Labute approximate surface area is 130 Å². The minimum absolute atomic E-state index is 0.00297. The van der Waals surface area contributed by atoms with Crippen LogP contribution in [0.3, 0.4) is 0 Å². The molecule has 2 aromatic carbocycles. The van der Waals surface area contributed by atoms with Crippen molar-refractivity contribution in [1.82, 2.24) is 5.32 Å². The molecule has 0 aromatic heterocycles. The average Bonchev–Trinajstić information content (AvgIpc) is 2.83. The maximum absolute atomic E-state index is 14.3.